The van der Waals surface area contributed by atoms with E-state index in [9.17, 15) is 24.3 Å². The zero-order valence-electron chi connectivity index (χ0n) is 37.0. The van der Waals surface area contributed by atoms with Gasteiger partial charge in [0, 0.05) is 63.3 Å². The summed E-state index contributed by atoms with van der Waals surface area (Å²) in [5.41, 5.74) is -1.27. The summed E-state index contributed by atoms with van der Waals surface area (Å²) in [7, 11) is 4.00. The zero-order chi connectivity index (χ0) is 42.6. The van der Waals surface area contributed by atoms with Crippen LogP contribution < -0.4 is 0 Å². The fourth-order valence-corrected chi connectivity index (χ4v) is 6.57. The SMILES string of the molecule is CCCCCCCC(=O)OCC(C)(CCO)COCCCN(CCCC(=O)OCC(C)(COCOCC)COC(=O)CCCCCCC)C(=O)SCCCN(C)C. The van der Waals surface area contributed by atoms with E-state index in [1.807, 2.05) is 34.9 Å². The topological polar surface area (TPSA) is 150 Å². The molecule has 0 aromatic rings. The predicted molar refractivity (Wildman–Crippen MR) is 227 cm³/mol. The highest BCUT2D eigenvalue weighted by Crippen LogP contribution is 2.24. The van der Waals surface area contributed by atoms with E-state index in [2.05, 4.69) is 18.7 Å². The summed E-state index contributed by atoms with van der Waals surface area (Å²) < 4.78 is 33.8. The van der Waals surface area contributed by atoms with Crippen LogP contribution >= 0.6 is 11.8 Å². The van der Waals surface area contributed by atoms with Gasteiger partial charge in [0.05, 0.1) is 25.2 Å². The molecule has 0 heterocycles. The summed E-state index contributed by atoms with van der Waals surface area (Å²) in [6.45, 7) is 13.4. The van der Waals surface area contributed by atoms with Gasteiger partial charge >= 0.3 is 17.9 Å². The van der Waals surface area contributed by atoms with Crippen LogP contribution in [0.1, 0.15) is 144 Å². The first-order valence-electron chi connectivity index (χ1n) is 21.7. The van der Waals surface area contributed by atoms with Crippen LogP contribution in [0.25, 0.3) is 0 Å². The third-order valence-corrected chi connectivity index (χ3v) is 10.5. The van der Waals surface area contributed by atoms with Gasteiger partial charge in [-0.05, 0) is 66.1 Å². The van der Waals surface area contributed by atoms with E-state index in [0.717, 1.165) is 70.8 Å². The number of carbonyl (C=O) groups is 4. The molecule has 0 aliphatic rings. The maximum absolute atomic E-state index is 13.3. The Morgan fingerprint density at radius 3 is 1.61 bits per heavy atom. The number of aliphatic hydroxyl groups is 1. The van der Waals surface area contributed by atoms with Gasteiger partial charge in [0.15, 0.2) is 0 Å². The summed E-state index contributed by atoms with van der Waals surface area (Å²) in [5, 5.41) is 9.64. The maximum Gasteiger partial charge on any atom is 0.305 e. The summed E-state index contributed by atoms with van der Waals surface area (Å²) >= 11 is 1.28. The molecule has 336 valence electrons. The van der Waals surface area contributed by atoms with Crippen LogP contribution in [0.4, 0.5) is 4.79 Å². The lowest BCUT2D eigenvalue weighted by atomic mass is 9.89. The molecule has 0 aliphatic carbocycles. The second-order valence-electron chi connectivity index (χ2n) is 16.1. The molecule has 2 atom stereocenters. The summed E-state index contributed by atoms with van der Waals surface area (Å²) in [6.07, 6.45) is 13.6. The summed E-state index contributed by atoms with van der Waals surface area (Å²) in [6, 6.07) is 0. The molecule has 0 bridgehead atoms. The molecule has 0 spiro atoms. The van der Waals surface area contributed by atoms with Crippen LogP contribution in [0, 0.1) is 10.8 Å². The number of ether oxygens (including phenoxy) is 6. The Hall–Kier alpha value is -1.97. The van der Waals surface area contributed by atoms with Gasteiger partial charge in [0.1, 0.15) is 20.0 Å². The van der Waals surface area contributed by atoms with Crippen molar-refractivity contribution in [3.05, 3.63) is 0 Å². The van der Waals surface area contributed by atoms with Crippen molar-refractivity contribution >= 4 is 34.9 Å². The van der Waals surface area contributed by atoms with Crippen LogP contribution in [-0.2, 0) is 42.8 Å². The number of hydrogen-bond donors (Lipinski definition) is 1. The van der Waals surface area contributed by atoms with Crippen LogP contribution in [0.2, 0.25) is 0 Å². The van der Waals surface area contributed by atoms with Gasteiger partial charge in [-0.1, -0.05) is 90.8 Å². The molecular formula is C43H82N2O11S. The number of nitrogens with zero attached hydrogens (tertiary/aromatic N) is 2. The van der Waals surface area contributed by atoms with E-state index in [-0.39, 0.29) is 63.4 Å². The van der Waals surface area contributed by atoms with E-state index in [0.29, 0.717) is 70.8 Å². The molecular weight excluding hydrogens is 753 g/mol. The number of rotatable bonds is 39. The van der Waals surface area contributed by atoms with Crippen LogP contribution in [0.3, 0.4) is 0 Å². The van der Waals surface area contributed by atoms with E-state index in [1.54, 1.807) is 4.90 Å². The van der Waals surface area contributed by atoms with Crippen molar-refractivity contribution in [2.75, 3.05) is 99.1 Å². The normalized spacial score (nSPS) is 13.6. The number of hydrogen-bond acceptors (Lipinski definition) is 13. The van der Waals surface area contributed by atoms with Gasteiger partial charge in [0.2, 0.25) is 0 Å². The minimum atomic E-state index is -0.751. The number of carbonyl (C=O) groups excluding carboxylic acids is 4. The molecule has 0 rings (SSSR count). The first-order chi connectivity index (χ1) is 27.3. The number of amides is 1. The molecule has 0 saturated heterocycles. The monoisotopic (exact) mass is 835 g/mol. The standard InChI is InChI=1S/C43H82N2O11S/c1-8-11-13-15-17-22-38(47)54-34-42(4,25-29-46)32-52-30-20-28-45(41(50)57-31-21-26-44(6)7)27-19-24-40(49)56-36-43(5,33-53-37-51-10-3)35-55-39(48)23-18-16-14-12-9-2/h46H,8-37H2,1-7H3. The van der Waals surface area contributed by atoms with Crippen molar-refractivity contribution in [1.82, 2.24) is 9.80 Å². The van der Waals surface area contributed by atoms with Gasteiger partial charge in [-0.3, -0.25) is 19.2 Å². The highest BCUT2D eigenvalue weighted by molar-refractivity contribution is 8.13. The largest absolute Gasteiger partial charge is 0.465 e. The number of esters is 3. The molecule has 0 aliphatic heterocycles. The highest BCUT2D eigenvalue weighted by atomic mass is 32.2. The molecule has 2 unspecified atom stereocenters. The molecule has 0 fully saturated rings. The number of aliphatic hydroxyl groups excluding tert-OH is 1. The summed E-state index contributed by atoms with van der Waals surface area (Å²) in [4.78, 5) is 54.8. The third-order valence-electron chi connectivity index (χ3n) is 9.46. The second kappa shape index (κ2) is 35.9. The minimum absolute atomic E-state index is 0.0108. The lowest BCUT2D eigenvalue weighted by Gasteiger charge is -2.29. The van der Waals surface area contributed by atoms with Gasteiger partial charge in [0.25, 0.3) is 5.24 Å². The first-order valence-corrected chi connectivity index (χ1v) is 22.7. The Labute approximate surface area is 350 Å². The Kier molecular flexibility index (Phi) is 34.7. The zero-order valence-corrected chi connectivity index (χ0v) is 37.9. The molecule has 14 heteroatoms. The summed E-state index contributed by atoms with van der Waals surface area (Å²) in [5.74, 6) is -0.201. The highest BCUT2D eigenvalue weighted by Gasteiger charge is 2.30. The predicted octanol–water partition coefficient (Wildman–Crippen LogP) is 8.04. The molecule has 0 saturated carbocycles. The third kappa shape index (κ3) is 32.6. The average Bonchev–Trinajstić information content (AvgIpc) is 3.18. The van der Waals surface area contributed by atoms with Crippen molar-refractivity contribution < 1.29 is 52.7 Å². The quantitative estimate of drug-likeness (QED) is 0.0276. The fourth-order valence-electron chi connectivity index (χ4n) is 5.75. The Bertz CT molecular complexity index is 1040. The van der Waals surface area contributed by atoms with Gasteiger partial charge < -0.3 is 43.3 Å². The number of unbranched alkanes of at least 4 members (excludes halogenated alkanes) is 8. The van der Waals surface area contributed by atoms with Crippen molar-refractivity contribution in [3.8, 4) is 0 Å². The molecule has 13 nitrogen and oxygen atoms in total. The van der Waals surface area contributed by atoms with Crippen molar-refractivity contribution in [1.29, 1.82) is 0 Å². The molecule has 57 heavy (non-hydrogen) atoms. The Morgan fingerprint density at radius 1 is 0.579 bits per heavy atom. The van der Waals surface area contributed by atoms with Gasteiger partial charge in [-0.25, -0.2) is 0 Å². The smallest absolute Gasteiger partial charge is 0.305 e. The lowest BCUT2D eigenvalue weighted by molar-refractivity contribution is -0.160. The molecule has 1 N–H and O–H groups in total. The fraction of sp³-hybridized carbons (Fsp3) is 0.907. The van der Waals surface area contributed by atoms with Crippen molar-refractivity contribution in [2.45, 2.75) is 144 Å². The van der Waals surface area contributed by atoms with Crippen LogP contribution in [0.15, 0.2) is 0 Å². The first kappa shape index (κ1) is 55.0. The minimum Gasteiger partial charge on any atom is -0.465 e. The van der Waals surface area contributed by atoms with E-state index in [4.69, 9.17) is 28.4 Å². The van der Waals surface area contributed by atoms with E-state index >= 15 is 0 Å². The van der Waals surface area contributed by atoms with Crippen LogP contribution in [0.5, 0.6) is 0 Å². The van der Waals surface area contributed by atoms with Crippen LogP contribution in [-0.4, -0.2) is 137 Å². The van der Waals surface area contributed by atoms with Gasteiger partial charge in [-0.2, -0.15) is 0 Å². The molecule has 1 amide bonds. The van der Waals surface area contributed by atoms with E-state index < -0.39 is 16.8 Å². The van der Waals surface area contributed by atoms with Crippen molar-refractivity contribution in [2.24, 2.45) is 10.8 Å². The molecule has 0 radical (unpaired) electrons. The van der Waals surface area contributed by atoms with Crippen molar-refractivity contribution in [3.63, 3.8) is 0 Å². The van der Waals surface area contributed by atoms with Gasteiger partial charge in [-0.15, -0.1) is 0 Å². The molecule has 0 aromatic heterocycles. The number of thioether (sulfide) groups is 1. The lowest BCUT2D eigenvalue weighted by Crippen LogP contribution is -2.36. The molecule has 0 aromatic carbocycles. The second-order valence-corrected chi connectivity index (χ2v) is 17.2. The Balaban J connectivity index is 5.08. The average molecular weight is 835 g/mol. The Morgan fingerprint density at radius 2 is 1.09 bits per heavy atom. The van der Waals surface area contributed by atoms with E-state index in [1.165, 1.54) is 18.2 Å². The maximum atomic E-state index is 13.3.